The number of amides is 2. The molecule has 0 bridgehead atoms. The lowest BCUT2D eigenvalue weighted by Crippen LogP contribution is -2.24. The van der Waals surface area contributed by atoms with Gasteiger partial charge in [-0.3, -0.25) is 9.59 Å². The predicted molar refractivity (Wildman–Crippen MR) is 104 cm³/mol. The summed E-state index contributed by atoms with van der Waals surface area (Å²) in [5, 5.41) is 5.64. The van der Waals surface area contributed by atoms with Gasteiger partial charge in [0.25, 0.3) is 11.8 Å². The zero-order valence-corrected chi connectivity index (χ0v) is 15.4. The maximum absolute atomic E-state index is 12.4. The number of nitrogens with one attached hydrogen (secondary N) is 2. The van der Waals surface area contributed by atoms with Crippen molar-refractivity contribution in [1.29, 1.82) is 0 Å². The van der Waals surface area contributed by atoms with Gasteiger partial charge >= 0.3 is 0 Å². The van der Waals surface area contributed by atoms with Gasteiger partial charge in [0.2, 0.25) is 0 Å². The first-order valence-electron chi connectivity index (χ1n) is 9.06. The highest BCUT2D eigenvalue weighted by molar-refractivity contribution is 6.05. The van der Waals surface area contributed by atoms with Gasteiger partial charge in [0.1, 0.15) is 5.75 Å². The molecule has 0 fully saturated rings. The van der Waals surface area contributed by atoms with Crippen molar-refractivity contribution in [2.24, 2.45) is 0 Å². The average Bonchev–Trinajstić information content (AvgIpc) is 2.67. The predicted octanol–water partition coefficient (Wildman–Crippen LogP) is 4.26. The van der Waals surface area contributed by atoms with E-state index in [1.807, 2.05) is 6.92 Å². The van der Waals surface area contributed by atoms with E-state index in [9.17, 15) is 9.59 Å². The molecule has 0 heterocycles. The smallest absolute Gasteiger partial charge is 0.255 e. The van der Waals surface area contributed by atoms with E-state index in [1.165, 1.54) is 0 Å². The average molecular weight is 354 g/mol. The highest BCUT2D eigenvalue weighted by Gasteiger charge is 2.09. The molecule has 2 aromatic rings. The quantitative estimate of drug-likeness (QED) is 0.661. The minimum absolute atomic E-state index is 0.142. The molecular formula is C21H26N2O3. The second-order valence-electron chi connectivity index (χ2n) is 6.02. The molecular weight excluding hydrogens is 328 g/mol. The van der Waals surface area contributed by atoms with E-state index in [-0.39, 0.29) is 11.8 Å². The third kappa shape index (κ3) is 5.92. The second kappa shape index (κ2) is 10.2. The summed E-state index contributed by atoms with van der Waals surface area (Å²) in [6.45, 7) is 5.41. The Morgan fingerprint density at radius 2 is 1.69 bits per heavy atom. The van der Waals surface area contributed by atoms with E-state index in [0.29, 0.717) is 30.0 Å². The Bertz CT molecular complexity index is 726. The van der Waals surface area contributed by atoms with Crippen molar-refractivity contribution in [1.82, 2.24) is 5.32 Å². The lowest BCUT2D eigenvalue weighted by atomic mass is 10.1. The van der Waals surface area contributed by atoms with Crippen molar-refractivity contribution < 1.29 is 14.3 Å². The molecule has 0 aliphatic rings. The van der Waals surface area contributed by atoms with Crippen LogP contribution in [0.5, 0.6) is 5.75 Å². The van der Waals surface area contributed by atoms with Crippen LogP contribution in [-0.4, -0.2) is 25.0 Å². The number of hydrogen-bond donors (Lipinski definition) is 2. The summed E-state index contributed by atoms with van der Waals surface area (Å²) in [5.41, 5.74) is 1.65. The minimum Gasteiger partial charge on any atom is -0.494 e. The number of rotatable bonds is 9. The molecule has 138 valence electrons. The highest BCUT2D eigenvalue weighted by atomic mass is 16.5. The van der Waals surface area contributed by atoms with Crippen molar-refractivity contribution in [3.05, 3.63) is 59.7 Å². The Morgan fingerprint density at radius 3 is 2.38 bits per heavy atom. The largest absolute Gasteiger partial charge is 0.494 e. The molecule has 2 amide bonds. The number of unbranched alkanes of at least 4 members (excludes halogenated alkanes) is 1. The Labute approximate surface area is 154 Å². The molecule has 0 aliphatic heterocycles. The van der Waals surface area contributed by atoms with E-state index in [4.69, 9.17) is 4.74 Å². The van der Waals surface area contributed by atoms with Crippen LogP contribution in [0.15, 0.2) is 48.5 Å². The van der Waals surface area contributed by atoms with Gasteiger partial charge in [-0.15, -0.1) is 0 Å². The summed E-state index contributed by atoms with van der Waals surface area (Å²) in [6.07, 6.45) is 2.96. The number of ether oxygens (including phenoxy) is 1. The van der Waals surface area contributed by atoms with Crippen LogP contribution in [0.2, 0.25) is 0 Å². The molecule has 0 saturated carbocycles. The fourth-order valence-corrected chi connectivity index (χ4v) is 2.32. The third-order valence-electron chi connectivity index (χ3n) is 3.80. The van der Waals surface area contributed by atoms with Crippen molar-refractivity contribution in [3.63, 3.8) is 0 Å². The fraction of sp³-hybridized carbons (Fsp3) is 0.333. The molecule has 0 unspecified atom stereocenters. The molecule has 2 rings (SSSR count). The molecule has 26 heavy (non-hydrogen) atoms. The van der Waals surface area contributed by atoms with Gasteiger partial charge in [0.15, 0.2) is 0 Å². The van der Waals surface area contributed by atoms with Crippen molar-refractivity contribution >= 4 is 17.5 Å². The van der Waals surface area contributed by atoms with Crippen LogP contribution >= 0.6 is 0 Å². The van der Waals surface area contributed by atoms with Gasteiger partial charge in [-0.05, 0) is 55.3 Å². The van der Waals surface area contributed by atoms with Crippen molar-refractivity contribution in [2.75, 3.05) is 18.5 Å². The van der Waals surface area contributed by atoms with Gasteiger partial charge < -0.3 is 15.4 Å². The number of carbonyl (C=O) groups excluding carboxylic acids is 2. The van der Waals surface area contributed by atoms with Crippen LogP contribution in [-0.2, 0) is 0 Å². The summed E-state index contributed by atoms with van der Waals surface area (Å²) >= 11 is 0. The van der Waals surface area contributed by atoms with E-state index in [2.05, 4.69) is 17.6 Å². The van der Waals surface area contributed by atoms with Gasteiger partial charge in [-0.2, -0.15) is 0 Å². The number of anilines is 1. The van der Waals surface area contributed by atoms with Crippen LogP contribution in [0.4, 0.5) is 5.69 Å². The summed E-state index contributed by atoms with van der Waals surface area (Å²) in [7, 11) is 0. The molecule has 5 heteroatoms. The van der Waals surface area contributed by atoms with Gasteiger partial charge in [0, 0.05) is 23.4 Å². The maximum atomic E-state index is 12.4. The zero-order chi connectivity index (χ0) is 18.8. The topological polar surface area (TPSA) is 67.4 Å². The summed E-state index contributed by atoms with van der Waals surface area (Å²) in [4.78, 5) is 24.4. The van der Waals surface area contributed by atoms with Gasteiger partial charge in [-0.1, -0.05) is 26.3 Å². The van der Waals surface area contributed by atoms with Crippen LogP contribution in [0.1, 0.15) is 53.8 Å². The Hall–Kier alpha value is -2.82. The SMILES string of the molecule is CCCCOc1ccc(C(=O)Nc2cccc(C(=O)NCCC)c2)cc1. The molecule has 0 aromatic heterocycles. The molecule has 5 nitrogen and oxygen atoms in total. The zero-order valence-electron chi connectivity index (χ0n) is 15.4. The second-order valence-corrected chi connectivity index (χ2v) is 6.02. The van der Waals surface area contributed by atoms with Crippen LogP contribution < -0.4 is 15.4 Å². The van der Waals surface area contributed by atoms with E-state index in [0.717, 1.165) is 25.0 Å². The molecule has 0 radical (unpaired) electrons. The van der Waals surface area contributed by atoms with Gasteiger partial charge in [0.05, 0.1) is 6.61 Å². The van der Waals surface area contributed by atoms with Crippen LogP contribution in [0.25, 0.3) is 0 Å². The van der Waals surface area contributed by atoms with Crippen LogP contribution in [0.3, 0.4) is 0 Å². The van der Waals surface area contributed by atoms with E-state index >= 15 is 0 Å². The standard InChI is InChI=1S/C21H26N2O3/c1-3-5-14-26-19-11-9-16(10-12-19)21(25)23-18-8-6-7-17(15-18)20(24)22-13-4-2/h6-12,15H,3-5,13-14H2,1-2H3,(H,22,24)(H,23,25). The normalized spacial score (nSPS) is 10.2. The molecule has 0 atom stereocenters. The lowest BCUT2D eigenvalue weighted by Gasteiger charge is -2.09. The fourth-order valence-electron chi connectivity index (χ4n) is 2.32. The Kier molecular flexibility index (Phi) is 7.68. The third-order valence-corrected chi connectivity index (χ3v) is 3.80. The maximum Gasteiger partial charge on any atom is 0.255 e. The van der Waals surface area contributed by atoms with Gasteiger partial charge in [-0.25, -0.2) is 0 Å². The lowest BCUT2D eigenvalue weighted by molar-refractivity contribution is 0.0952. The van der Waals surface area contributed by atoms with Crippen molar-refractivity contribution in [3.8, 4) is 5.75 Å². The molecule has 2 N–H and O–H groups in total. The number of benzene rings is 2. The first-order valence-corrected chi connectivity index (χ1v) is 9.06. The molecule has 0 spiro atoms. The molecule has 2 aromatic carbocycles. The molecule has 0 saturated heterocycles. The van der Waals surface area contributed by atoms with Crippen LogP contribution in [0, 0.1) is 0 Å². The highest BCUT2D eigenvalue weighted by Crippen LogP contribution is 2.16. The monoisotopic (exact) mass is 354 g/mol. The minimum atomic E-state index is -0.226. The Morgan fingerprint density at radius 1 is 0.923 bits per heavy atom. The Balaban J connectivity index is 1.97. The summed E-state index contributed by atoms with van der Waals surface area (Å²) in [6, 6.07) is 14.0. The summed E-state index contributed by atoms with van der Waals surface area (Å²) in [5.74, 6) is 0.386. The first kappa shape index (κ1) is 19.5. The first-order chi connectivity index (χ1) is 12.6. The molecule has 0 aliphatic carbocycles. The number of carbonyl (C=O) groups is 2. The number of hydrogen-bond acceptors (Lipinski definition) is 3. The van der Waals surface area contributed by atoms with E-state index in [1.54, 1.807) is 48.5 Å². The van der Waals surface area contributed by atoms with Crippen molar-refractivity contribution in [2.45, 2.75) is 33.1 Å². The summed E-state index contributed by atoms with van der Waals surface area (Å²) < 4.78 is 5.60. The van der Waals surface area contributed by atoms with E-state index < -0.39 is 0 Å².